The zero-order valence-electron chi connectivity index (χ0n) is 9.99. The minimum absolute atomic E-state index is 0.102. The lowest BCUT2D eigenvalue weighted by atomic mass is 10.1. The zero-order chi connectivity index (χ0) is 12.0. The molecule has 0 saturated heterocycles. The van der Waals surface area contributed by atoms with Crippen molar-refractivity contribution in [2.75, 3.05) is 5.32 Å². The first-order chi connectivity index (χ1) is 7.67. The van der Waals surface area contributed by atoms with E-state index in [1.54, 1.807) is 0 Å². The number of carbonyl (C=O) groups is 1. The fourth-order valence-electron chi connectivity index (χ4n) is 1.55. The van der Waals surface area contributed by atoms with E-state index in [1.165, 1.54) is 5.56 Å². The van der Waals surface area contributed by atoms with Crippen LogP contribution in [0.1, 0.15) is 32.3 Å². The Morgan fingerprint density at radius 2 is 2.19 bits per heavy atom. The standard InChI is InChI=1S/C13H20N2O/c1-3-6-12(14)13(16)15-11-8-5-7-10(4-2)9-11/h5,7-9,12H,3-4,6,14H2,1-2H3,(H,15,16)/t12-/m1/s1. The molecule has 0 bridgehead atoms. The number of aryl methyl sites for hydroxylation is 1. The molecule has 1 atom stereocenters. The summed E-state index contributed by atoms with van der Waals surface area (Å²) in [7, 11) is 0. The second-order valence-corrected chi connectivity index (χ2v) is 3.94. The molecule has 16 heavy (non-hydrogen) atoms. The third kappa shape index (κ3) is 3.66. The lowest BCUT2D eigenvalue weighted by Crippen LogP contribution is -2.35. The second-order valence-electron chi connectivity index (χ2n) is 3.94. The normalized spacial score (nSPS) is 12.2. The van der Waals surface area contributed by atoms with E-state index in [0.29, 0.717) is 0 Å². The first-order valence-electron chi connectivity index (χ1n) is 5.82. The van der Waals surface area contributed by atoms with Gasteiger partial charge in [-0.05, 0) is 30.5 Å². The number of hydrogen-bond acceptors (Lipinski definition) is 2. The number of hydrogen-bond donors (Lipinski definition) is 2. The van der Waals surface area contributed by atoms with E-state index in [9.17, 15) is 4.79 Å². The molecule has 0 aromatic heterocycles. The summed E-state index contributed by atoms with van der Waals surface area (Å²) in [5, 5.41) is 2.84. The Morgan fingerprint density at radius 3 is 2.81 bits per heavy atom. The number of rotatable bonds is 5. The first kappa shape index (κ1) is 12.7. The summed E-state index contributed by atoms with van der Waals surface area (Å²) in [4.78, 5) is 11.7. The molecule has 0 radical (unpaired) electrons. The summed E-state index contributed by atoms with van der Waals surface area (Å²) in [6.45, 7) is 4.11. The van der Waals surface area contributed by atoms with E-state index in [4.69, 9.17) is 5.73 Å². The molecule has 0 spiro atoms. The molecule has 3 nitrogen and oxygen atoms in total. The summed E-state index contributed by atoms with van der Waals surface area (Å²) in [6.07, 6.45) is 2.60. The van der Waals surface area contributed by atoms with Gasteiger partial charge in [0, 0.05) is 5.69 Å². The van der Waals surface area contributed by atoms with Crippen molar-refractivity contribution in [1.82, 2.24) is 0 Å². The lowest BCUT2D eigenvalue weighted by molar-refractivity contribution is -0.117. The van der Waals surface area contributed by atoms with E-state index in [2.05, 4.69) is 12.2 Å². The van der Waals surface area contributed by atoms with Crippen molar-refractivity contribution in [1.29, 1.82) is 0 Å². The van der Waals surface area contributed by atoms with Crippen LogP contribution in [0.5, 0.6) is 0 Å². The van der Waals surface area contributed by atoms with Crippen LogP contribution < -0.4 is 11.1 Å². The van der Waals surface area contributed by atoms with E-state index in [1.807, 2.05) is 31.2 Å². The molecule has 1 amide bonds. The topological polar surface area (TPSA) is 55.1 Å². The van der Waals surface area contributed by atoms with Crippen LogP contribution in [-0.4, -0.2) is 11.9 Å². The van der Waals surface area contributed by atoms with Gasteiger partial charge in [-0.15, -0.1) is 0 Å². The van der Waals surface area contributed by atoms with Crippen LogP contribution in [0, 0.1) is 0 Å². The highest BCUT2D eigenvalue weighted by molar-refractivity contribution is 5.94. The SMILES string of the molecule is CCC[C@@H](N)C(=O)Nc1cccc(CC)c1. The Bertz CT molecular complexity index is 350. The molecule has 1 aromatic rings. The Labute approximate surface area is 97.0 Å². The molecule has 0 heterocycles. The third-order valence-corrected chi connectivity index (χ3v) is 2.54. The van der Waals surface area contributed by atoms with Gasteiger partial charge in [0.05, 0.1) is 6.04 Å². The van der Waals surface area contributed by atoms with Crippen LogP contribution in [0.2, 0.25) is 0 Å². The maximum atomic E-state index is 11.7. The van der Waals surface area contributed by atoms with Gasteiger partial charge in [0.15, 0.2) is 0 Å². The second kappa shape index (κ2) is 6.28. The summed E-state index contributed by atoms with van der Waals surface area (Å²) in [5.74, 6) is -0.102. The Hall–Kier alpha value is -1.35. The Balaban J connectivity index is 2.61. The van der Waals surface area contributed by atoms with Crippen LogP contribution in [-0.2, 0) is 11.2 Å². The molecule has 0 fully saturated rings. The highest BCUT2D eigenvalue weighted by atomic mass is 16.2. The van der Waals surface area contributed by atoms with Crippen LogP contribution >= 0.6 is 0 Å². The smallest absolute Gasteiger partial charge is 0.241 e. The number of nitrogens with two attached hydrogens (primary N) is 1. The average molecular weight is 220 g/mol. The fraction of sp³-hybridized carbons (Fsp3) is 0.462. The monoisotopic (exact) mass is 220 g/mol. The number of benzene rings is 1. The van der Waals surface area contributed by atoms with Crippen LogP contribution in [0.25, 0.3) is 0 Å². The van der Waals surface area contributed by atoms with Crippen molar-refractivity contribution in [3.05, 3.63) is 29.8 Å². The lowest BCUT2D eigenvalue weighted by Gasteiger charge is -2.11. The third-order valence-electron chi connectivity index (χ3n) is 2.54. The molecule has 1 rings (SSSR count). The number of anilines is 1. The fourth-order valence-corrected chi connectivity index (χ4v) is 1.55. The van der Waals surface area contributed by atoms with Crippen molar-refractivity contribution in [3.63, 3.8) is 0 Å². The van der Waals surface area contributed by atoms with Crippen LogP contribution in [0.15, 0.2) is 24.3 Å². The predicted molar refractivity (Wildman–Crippen MR) is 67.3 cm³/mol. The highest BCUT2D eigenvalue weighted by Crippen LogP contribution is 2.11. The molecule has 3 N–H and O–H groups in total. The molecule has 1 aromatic carbocycles. The van der Waals surface area contributed by atoms with Gasteiger partial charge in [-0.3, -0.25) is 4.79 Å². The highest BCUT2D eigenvalue weighted by Gasteiger charge is 2.11. The van der Waals surface area contributed by atoms with Gasteiger partial charge in [-0.2, -0.15) is 0 Å². The molecule has 0 aliphatic carbocycles. The van der Waals surface area contributed by atoms with Crippen molar-refractivity contribution in [2.45, 2.75) is 39.2 Å². The van der Waals surface area contributed by atoms with Gasteiger partial charge in [0.1, 0.15) is 0 Å². The van der Waals surface area contributed by atoms with E-state index < -0.39 is 6.04 Å². The average Bonchev–Trinajstić information content (AvgIpc) is 2.29. The summed E-state index contributed by atoms with van der Waals surface area (Å²) in [5.41, 5.74) is 7.77. The summed E-state index contributed by atoms with van der Waals surface area (Å²) < 4.78 is 0. The summed E-state index contributed by atoms with van der Waals surface area (Å²) in [6, 6.07) is 7.45. The Morgan fingerprint density at radius 1 is 1.44 bits per heavy atom. The maximum absolute atomic E-state index is 11.7. The van der Waals surface area contributed by atoms with Gasteiger partial charge in [-0.25, -0.2) is 0 Å². The van der Waals surface area contributed by atoms with Crippen molar-refractivity contribution in [3.8, 4) is 0 Å². The van der Waals surface area contributed by atoms with Gasteiger partial charge in [-0.1, -0.05) is 32.4 Å². The van der Waals surface area contributed by atoms with E-state index in [0.717, 1.165) is 24.9 Å². The van der Waals surface area contributed by atoms with Crippen molar-refractivity contribution >= 4 is 11.6 Å². The Kier molecular flexibility index (Phi) is 4.99. The maximum Gasteiger partial charge on any atom is 0.241 e. The summed E-state index contributed by atoms with van der Waals surface area (Å²) >= 11 is 0. The molecule has 0 unspecified atom stereocenters. The van der Waals surface area contributed by atoms with Gasteiger partial charge >= 0.3 is 0 Å². The first-order valence-corrected chi connectivity index (χ1v) is 5.82. The number of amides is 1. The molecule has 0 saturated carbocycles. The van der Waals surface area contributed by atoms with Crippen LogP contribution in [0.4, 0.5) is 5.69 Å². The van der Waals surface area contributed by atoms with Crippen LogP contribution in [0.3, 0.4) is 0 Å². The number of carbonyl (C=O) groups excluding carboxylic acids is 1. The van der Waals surface area contributed by atoms with E-state index >= 15 is 0 Å². The molecule has 3 heteroatoms. The van der Waals surface area contributed by atoms with E-state index in [-0.39, 0.29) is 5.91 Å². The molecule has 88 valence electrons. The van der Waals surface area contributed by atoms with Gasteiger partial charge < -0.3 is 11.1 Å². The quantitative estimate of drug-likeness (QED) is 0.800. The molecule has 0 aliphatic heterocycles. The molecular weight excluding hydrogens is 200 g/mol. The predicted octanol–water partition coefficient (Wildman–Crippen LogP) is 2.31. The number of nitrogens with one attached hydrogen (secondary N) is 1. The van der Waals surface area contributed by atoms with Gasteiger partial charge in [0.2, 0.25) is 5.91 Å². The molecular formula is C13H20N2O. The minimum Gasteiger partial charge on any atom is -0.325 e. The van der Waals surface area contributed by atoms with Gasteiger partial charge in [0.25, 0.3) is 0 Å². The molecule has 0 aliphatic rings. The minimum atomic E-state index is -0.407. The van der Waals surface area contributed by atoms with Crippen molar-refractivity contribution < 1.29 is 4.79 Å². The van der Waals surface area contributed by atoms with Crippen molar-refractivity contribution in [2.24, 2.45) is 5.73 Å². The largest absolute Gasteiger partial charge is 0.325 e. The zero-order valence-corrected chi connectivity index (χ0v) is 9.99.